The molecule has 116 valence electrons. The lowest BCUT2D eigenvalue weighted by Crippen LogP contribution is -2.56. The fourth-order valence-electron chi connectivity index (χ4n) is 3.17. The topological polar surface area (TPSA) is 85.0 Å². The summed E-state index contributed by atoms with van der Waals surface area (Å²) in [5.74, 6) is 0.373. The average Bonchev–Trinajstić information content (AvgIpc) is 3.04. The molecule has 7 nitrogen and oxygen atoms in total. The van der Waals surface area contributed by atoms with Crippen molar-refractivity contribution in [3.05, 3.63) is 35.9 Å². The highest BCUT2D eigenvalue weighted by Crippen LogP contribution is 2.40. The molecule has 2 aliphatic carbocycles. The number of nitrogens with one attached hydrogen (secondary N) is 1. The number of nitrogens with zero attached hydrogens (tertiary/aromatic N) is 4. The molecule has 0 radical (unpaired) electrons. The van der Waals surface area contributed by atoms with Gasteiger partial charge in [0, 0.05) is 31.1 Å². The number of aliphatic hydroxyl groups excluding tert-OH is 1. The van der Waals surface area contributed by atoms with Gasteiger partial charge >= 0.3 is 0 Å². The number of hydrogen-bond donors (Lipinski definition) is 2. The number of carbonyl (C=O) groups excluding carboxylic acids is 1. The summed E-state index contributed by atoms with van der Waals surface area (Å²) in [6, 6.07) is 3.37. The van der Waals surface area contributed by atoms with Crippen molar-refractivity contribution in [2.75, 3.05) is 0 Å². The van der Waals surface area contributed by atoms with Crippen LogP contribution in [0.1, 0.15) is 47.4 Å². The zero-order chi connectivity index (χ0) is 15.3. The van der Waals surface area contributed by atoms with Gasteiger partial charge in [-0.15, -0.1) is 0 Å². The van der Waals surface area contributed by atoms with Crippen molar-refractivity contribution in [1.82, 2.24) is 24.9 Å². The summed E-state index contributed by atoms with van der Waals surface area (Å²) in [4.78, 5) is 12.4. The van der Waals surface area contributed by atoms with E-state index in [9.17, 15) is 9.90 Å². The molecule has 0 spiro atoms. The Kier molecular flexibility index (Phi) is 3.04. The third kappa shape index (κ3) is 2.21. The Hall–Kier alpha value is -2.15. The van der Waals surface area contributed by atoms with Crippen LogP contribution in [-0.4, -0.2) is 42.7 Å². The third-order valence-corrected chi connectivity index (χ3v) is 4.59. The molecule has 2 aromatic rings. The molecular formula is C15H19N5O2. The lowest BCUT2D eigenvalue weighted by molar-refractivity contribution is -0.00596. The van der Waals surface area contributed by atoms with Gasteiger partial charge in [-0.1, -0.05) is 0 Å². The SMILES string of the molecule is Cn1nc(C(=O)N[C@H]2C[C@@H](O)[C@@H]2n2cccn2)cc1C1CC1. The van der Waals surface area contributed by atoms with Crippen LogP contribution in [0.4, 0.5) is 0 Å². The molecule has 2 N–H and O–H groups in total. The summed E-state index contributed by atoms with van der Waals surface area (Å²) >= 11 is 0. The van der Waals surface area contributed by atoms with E-state index in [0.717, 1.165) is 5.69 Å². The first kappa shape index (κ1) is 13.5. The van der Waals surface area contributed by atoms with Gasteiger partial charge in [0.25, 0.3) is 5.91 Å². The summed E-state index contributed by atoms with van der Waals surface area (Å²) in [6.45, 7) is 0. The number of rotatable bonds is 4. The van der Waals surface area contributed by atoms with E-state index >= 15 is 0 Å². The van der Waals surface area contributed by atoms with Crippen molar-refractivity contribution in [1.29, 1.82) is 0 Å². The van der Waals surface area contributed by atoms with Crippen molar-refractivity contribution < 1.29 is 9.90 Å². The second-order valence-corrected chi connectivity index (χ2v) is 6.21. The van der Waals surface area contributed by atoms with Gasteiger partial charge in [-0.3, -0.25) is 14.2 Å². The van der Waals surface area contributed by atoms with E-state index < -0.39 is 6.10 Å². The smallest absolute Gasteiger partial charge is 0.272 e. The fraction of sp³-hybridized carbons (Fsp3) is 0.533. The highest BCUT2D eigenvalue weighted by molar-refractivity contribution is 5.92. The van der Waals surface area contributed by atoms with Crippen LogP contribution in [0.5, 0.6) is 0 Å². The first-order valence-corrected chi connectivity index (χ1v) is 7.65. The number of aryl methyl sites for hydroxylation is 1. The van der Waals surface area contributed by atoms with Crippen LogP contribution in [0.15, 0.2) is 24.5 Å². The summed E-state index contributed by atoms with van der Waals surface area (Å²) in [7, 11) is 1.88. The molecule has 2 aliphatic rings. The summed E-state index contributed by atoms with van der Waals surface area (Å²) in [5, 5.41) is 21.4. The molecule has 0 aliphatic heterocycles. The molecular weight excluding hydrogens is 282 g/mol. The molecule has 2 fully saturated rings. The highest BCUT2D eigenvalue weighted by Gasteiger charge is 2.43. The van der Waals surface area contributed by atoms with E-state index in [-0.39, 0.29) is 18.0 Å². The van der Waals surface area contributed by atoms with Gasteiger partial charge in [-0.25, -0.2) is 0 Å². The summed E-state index contributed by atoms with van der Waals surface area (Å²) in [6.07, 6.45) is 5.89. The average molecular weight is 301 g/mol. The monoisotopic (exact) mass is 301 g/mol. The lowest BCUT2D eigenvalue weighted by atomic mass is 9.83. The van der Waals surface area contributed by atoms with Crippen molar-refractivity contribution in [2.24, 2.45) is 7.05 Å². The molecule has 0 aromatic carbocycles. The Labute approximate surface area is 127 Å². The van der Waals surface area contributed by atoms with Gasteiger partial charge in [0.05, 0.1) is 18.2 Å². The predicted molar refractivity (Wildman–Crippen MR) is 78.3 cm³/mol. The van der Waals surface area contributed by atoms with Crippen LogP contribution in [-0.2, 0) is 7.05 Å². The second kappa shape index (κ2) is 4.95. The molecule has 22 heavy (non-hydrogen) atoms. The third-order valence-electron chi connectivity index (χ3n) is 4.59. The van der Waals surface area contributed by atoms with Crippen molar-refractivity contribution in [3.63, 3.8) is 0 Å². The Balaban J connectivity index is 1.47. The molecule has 4 rings (SSSR count). The predicted octanol–water partition coefficient (Wildman–Crippen LogP) is 0.598. The quantitative estimate of drug-likeness (QED) is 0.866. The summed E-state index contributed by atoms with van der Waals surface area (Å²) < 4.78 is 3.50. The number of hydrogen-bond acceptors (Lipinski definition) is 4. The highest BCUT2D eigenvalue weighted by atomic mass is 16.3. The first-order valence-electron chi connectivity index (χ1n) is 7.65. The van der Waals surface area contributed by atoms with E-state index in [2.05, 4.69) is 15.5 Å². The molecule has 7 heteroatoms. The molecule has 2 heterocycles. The van der Waals surface area contributed by atoms with Gasteiger partial charge in [0.1, 0.15) is 5.69 Å². The van der Waals surface area contributed by atoms with Crippen LogP contribution < -0.4 is 5.32 Å². The van der Waals surface area contributed by atoms with E-state index in [1.165, 1.54) is 12.8 Å². The van der Waals surface area contributed by atoms with Crippen molar-refractivity contribution >= 4 is 5.91 Å². The van der Waals surface area contributed by atoms with Crippen LogP contribution in [0.3, 0.4) is 0 Å². The van der Waals surface area contributed by atoms with E-state index in [1.54, 1.807) is 21.8 Å². The standard InChI is InChI=1S/C15H19N5O2/c1-19-12(9-3-4-9)7-11(18-19)15(22)17-10-8-13(21)14(10)20-6-2-5-16-20/h2,5-7,9-10,13-14,21H,3-4,8H2,1H3,(H,17,22)/t10-,13+,14+/m0/s1. The van der Waals surface area contributed by atoms with E-state index in [4.69, 9.17) is 0 Å². The maximum absolute atomic E-state index is 12.4. The van der Waals surface area contributed by atoms with Crippen molar-refractivity contribution in [3.8, 4) is 0 Å². The Morgan fingerprint density at radius 2 is 2.27 bits per heavy atom. The van der Waals surface area contributed by atoms with Crippen LogP contribution >= 0.6 is 0 Å². The van der Waals surface area contributed by atoms with Crippen LogP contribution in [0.25, 0.3) is 0 Å². The second-order valence-electron chi connectivity index (χ2n) is 6.21. The maximum Gasteiger partial charge on any atom is 0.272 e. The van der Waals surface area contributed by atoms with Gasteiger partial charge < -0.3 is 10.4 Å². The number of aromatic nitrogens is 4. The van der Waals surface area contributed by atoms with Gasteiger partial charge in [-0.2, -0.15) is 10.2 Å². The first-order chi connectivity index (χ1) is 10.6. The molecule has 3 atom stereocenters. The summed E-state index contributed by atoms with van der Waals surface area (Å²) in [5.41, 5.74) is 1.58. The normalized spacial score (nSPS) is 27.5. The van der Waals surface area contributed by atoms with E-state index in [1.807, 2.05) is 19.2 Å². The zero-order valence-electron chi connectivity index (χ0n) is 12.4. The molecule has 0 saturated heterocycles. The Morgan fingerprint density at radius 1 is 1.45 bits per heavy atom. The molecule has 0 bridgehead atoms. The van der Waals surface area contributed by atoms with Gasteiger partial charge in [0.15, 0.2) is 0 Å². The minimum Gasteiger partial charge on any atom is -0.391 e. The number of aliphatic hydroxyl groups is 1. The van der Waals surface area contributed by atoms with E-state index in [0.29, 0.717) is 18.0 Å². The van der Waals surface area contributed by atoms with Gasteiger partial charge in [-0.05, 0) is 31.4 Å². The molecule has 2 saturated carbocycles. The van der Waals surface area contributed by atoms with Crippen LogP contribution in [0.2, 0.25) is 0 Å². The number of carbonyl (C=O) groups is 1. The minimum absolute atomic E-state index is 0.117. The van der Waals surface area contributed by atoms with Gasteiger partial charge in [0.2, 0.25) is 0 Å². The van der Waals surface area contributed by atoms with Crippen LogP contribution in [0, 0.1) is 0 Å². The van der Waals surface area contributed by atoms with Crippen molar-refractivity contribution in [2.45, 2.75) is 43.4 Å². The maximum atomic E-state index is 12.4. The zero-order valence-corrected chi connectivity index (χ0v) is 12.4. The minimum atomic E-state index is -0.476. The molecule has 0 unspecified atom stereocenters. The Bertz CT molecular complexity index is 689. The molecule has 2 aromatic heterocycles. The Morgan fingerprint density at radius 3 is 2.91 bits per heavy atom. The lowest BCUT2D eigenvalue weighted by Gasteiger charge is -2.41. The largest absolute Gasteiger partial charge is 0.391 e. The number of amides is 1. The molecule has 1 amide bonds. The fourth-order valence-corrected chi connectivity index (χ4v) is 3.17.